The molecule has 0 saturated carbocycles. The molecule has 0 fully saturated rings. The maximum absolute atomic E-state index is 12.0. The normalized spacial score (nSPS) is 11.9. The molecule has 0 unspecified atom stereocenters. The van der Waals surface area contributed by atoms with Crippen LogP contribution in [0.1, 0.15) is 12.5 Å². The van der Waals surface area contributed by atoms with Crippen molar-refractivity contribution in [2.45, 2.75) is 13.0 Å². The summed E-state index contributed by atoms with van der Waals surface area (Å²) in [7, 11) is 0. The summed E-state index contributed by atoms with van der Waals surface area (Å²) < 4.78 is 0. The summed E-state index contributed by atoms with van der Waals surface area (Å²) in [5, 5.41) is 33.5. The lowest BCUT2D eigenvalue weighted by molar-refractivity contribution is -0.117. The molecular weight excluding hydrogens is 338 g/mol. The van der Waals surface area contributed by atoms with Gasteiger partial charge in [0.1, 0.15) is 5.75 Å². The number of nitrogens with two attached hydrogens (primary N) is 1. The van der Waals surface area contributed by atoms with E-state index in [0.717, 1.165) is 0 Å². The maximum atomic E-state index is 12.0. The summed E-state index contributed by atoms with van der Waals surface area (Å²) in [6, 6.07) is 7.58. The number of anilines is 2. The number of amides is 2. The van der Waals surface area contributed by atoms with Gasteiger partial charge in [-0.15, -0.1) is 0 Å². The average molecular weight is 357 g/mol. The molecule has 0 radical (unpaired) electrons. The van der Waals surface area contributed by atoms with E-state index in [9.17, 15) is 24.9 Å². The van der Waals surface area contributed by atoms with Crippen molar-refractivity contribution < 1.29 is 24.9 Å². The second kappa shape index (κ2) is 8.04. The largest absolute Gasteiger partial charge is 0.506 e. The zero-order valence-corrected chi connectivity index (χ0v) is 13.9. The zero-order chi connectivity index (χ0) is 19.3. The summed E-state index contributed by atoms with van der Waals surface area (Å²) in [5.41, 5.74) is 6.46. The number of phenolic OH excluding ortho intramolecular Hbond substituents is 3. The minimum Gasteiger partial charge on any atom is -0.506 e. The van der Waals surface area contributed by atoms with E-state index in [4.69, 9.17) is 5.73 Å². The van der Waals surface area contributed by atoms with Crippen LogP contribution in [0, 0.1) is 0 Å². The van der Waals surface area contributed by atoms with E-state index in [1.807, 2.05) is 0 Å². The van der Waals surface area contributed by atoms with E-state index in [1.54, 1.807) is 0 Å². The molecule has 136 valence electrons. The van der Waals surface area contributed by atoms with E-state index in [2.05, 4.69) is 10.6 Å². The van der Waals surface area contributed by atoms with Crippen LogP contribution in [-0.4, -0.2) is 33.2 Å². The molecule has 0 bridgehead atoms. The van der Waals surface area contributed by atoms with E-state index in [-0.39, 0.29) is 22.9 Å². The Hall–Kier alpha value is -3.52. The minimum atomic E-state index is -0.752. The fourth-order valence-corrected chi connectivity index (χ4v) is 1.96. The highest BCUT2D eigenvalue weighted by molar-refractivity contribution is 6.03. The molecule has 8 heteroatoms. The maximum Gasteiger partial charge on any atom is 0.248 e. The Kier molecular flexibility index (Phi) is 5.82. The van der Waals surface area contributed by atoms with Gasteiger partial charge in [0.25, 0.3) is 0 Å². The first-order valence-corrected chi connectivity index (χ1v) is 7.67. The second-order valence-corrected chi connectivity index (χ2v) is 5.58. The van der Waals surface area contributed by atoms with Gasteiger partial charge in [0.15, 0.2) is 11.5 Å². The van der Waals surface area contributed by atoms with Crippen molar-refractivity contribution in [2.24, 2.45) is 5.73 Å². The van der Waals surface area contributed by atoms with Crippen LogP contribution in [-0.2, 0) is 9.59 Å². The smallest absolute Gasteiger partial charge is 0.248 e. The van der Waals surface area contributed by atoms with E-state index in [0.29, 0.717) is 11.3 Å². The predicted molar refractivity (Wildman–Crippen MR) is 97.8 cm³/mol. The van der Waals surface area contributed by atoms with Gasteiger partial charge in [-0.1, -0.05) is 6.07 Å². The van der Waals surface area contributed by atoms with Gasteiger partial charge in [0.05, 0.1) is 11.7 Å². The molecule has 0 aromatic heterocycles. The lowest BCUT2D eigenvalue weighted by Gasteiger charge is -2.11. The number of phenols is 3. The van der Waals surface area contributed by atoms with Gasteiger partial charge in [-0.05, 0) is 48.9 Å². The Morgan fingerprint density at radius 1 is 1.00 bits per heavy atom. The number of aromatic hydroxyl groups is 3. The molecule has 0 spiro atoms. The van der Waals surface area contributed by atoms with Crippen molar-refractivity contribution >= 4 is 29.3 Å². The highest BCUT2D eigenvalue weighted by Crippen LogP contribution is 2.27. The van der Waals surface area contributed by atoms with Gasteiger partial charge in [-0.2, -0.15) is 0 Å². The Morgan fingerprint density at radius 2 is 1.69 bits per heavy atom. The van der Waals surface area contributed by atoms with Crippen LogP contribution in [0.4, 0.5) is 11.4 Å². The number of carbonyl (C=O) groups excluding carboxylic acids is 2. The number of carbonyl (C=O) groups is 2. The SMILES string of the molecule is C[C@H](N)C(=O)Nc1cc(NC(=O)/C=C/c2ccc(O)c(O)c2)ccc1O. The van der Waals surface area contributed by atoms with Crippen molar-refractivity contribution in [2.75, 3.05) is 10.6 Å². The molecule has 26 heavy (non-hydrogen) atoms. The van der Waals surface area contributed by atoms with Crippen molar-refractivity contribution in [3.05, 3.63) is 48.0 Å². The van der Waals surface area contributed by atoms with E-state index < -0.39 is 17.9 Å². The van der Waals surface area contributed by atoms with Crippen molar-refractivity contribution in [3.63, 3.8) is 0 Å². The van der Waals surface area contributed by atoms with Crippen molar-refractivity contribution in [1.29, 1.82) is 0 Å². The number of hydrogen-bond donors (Lipinski definition) is 6. The third-order valence-corrected chi connectivity index (χ3v) is 3.36. The fourth-order valence-electron chi connectivity index (χ4n) is 1.96. The first-order chi connectivity index (χ1) is 12.3. The van der Waals surface area contributed by atoms with Gasteiger partial charge in [0.2, 0.25) is 11.8 Å². The van der Waals surface area contributed by atoms with Gasteiger partial charge in [-0.25, -0.2) is 0 Å². The summed E-state index contributed by atoms with van der Waals surface area (Å²) in [6.45, 7) is 1.50. The molecule has 8 nitrogen and oxygen atoms in total. The Labute approximate surface area is 149 Å². The summed E-state index contributed by atoms with van der Waals surface area (Å²) >= 11 is 0. The van der Waals surface area contributed by atoms with E-state index >= 15 is 0 Å². The van der Waals surface area contributed by atoms with Crippen LogP contribution in [0.3, 0.4) is 0 Å². The zero-order valence-electron chi connectivity index (χ0n) is 13.9. The monoisotopic (exact) mass is 357 g/mol. The predicted octanol–water partition coefficient (Wildman–Crippen LogP) is 1.74. The molecule has 0 aliphatic heterocycles. The van der Waals surface area contributed by atoms with E-state index in [1.165, 1.54) is 55.5 Å². The molecule has 2 aromatic rings. The molecule has 0 aliphatic rings. The second-order valence-electron chi connectivity index (χ2n) is 5.58. The van der Waals surface area contributed by atoms with Crippen LogP contribution >= 0.6 is 0 Å². The van der Waals surface area contributed by atoms with Crippen LogP contribution in [0.5, 0.6) is 17.2 Å². The summed E-state index contributed by atoms with van der Waals surface area (Å²) in [6.07, 6.45) is 2.69. The first kappa shape index (κ1) is 18.8. The first-order valence-electron chi connectivity index (χ1n) is 7.67. The topological polar surface area (TPSA) is 145 Å². The lowest BCUT2D eigenvalue weighted by atomic mass is 10.2. The van der Waals surface area contributed by atoms with Crippen LogP contribution in [0.15, 0.2) is 42.5 Å². The number of rotatable bonds is 5. The highest BCUT2D eigenvalue weighted by atomic mass is 16.3. The van der Waals surface area contributed by atoms with Crippen molar-refractivity contribution in [1.82, 2.24) is 0 Å². The van der Waals surface area contributed by atoms with Gasteiger partial charge >= 0.3 is 0 Å². The number of hydrogen-bond acceptors (Lipinski definition) is 6. The average Bonchev–Trinajstić information content (AvgIpc) is 2.58. The van der Waals surface area contributed by atoms with Crippen LogP contribution in [0.25, 0.3) is 6.08 Å². The fraction of sp³-hybridized carbons (Fsp3) is 0.111. The lowest BCUT2D eigenvalue weighted by Crippen LogP contribution is -2.32. The Bertz CT molecular complexity index is 862. The molecule has 2 amide bonds. The Morgan fingerprint density at radius 3 is 2.35 bits per heavy atom. The van der Waals surface area contributed by atoms with Gasteiger partial charge in [0, 0.05) is 11.8 Å². The standard InChI is InChI=1S/C18H19N3O5/c1-10(19)18(26)21-13-9-12(4-6-14(13)22)20-17(25)7-3-11-2-5-15(23)16(24)8-11/h2-10,22-24H,19H2,1H3,(H,20,25)(H,21,26)/b7-3+/t10-/m0/s1. The molecule has 2 rings (SSSR count). The van der Waals surface area contributed by atoms with Gasteiger partial charge in [-0.3, -0.25) is 9.59 Å². The number of nitrogens with one attached hydrogen (secondary N) is 2. The minimum absolute atomic E-state index is 0.123. The summed E-state index contributed by atoms with van der Waals surface area (Å²) in [4.78, 5) is 23.6. The molecule has 0 saturated heterocycles. The van der Waals surface area contributed by atoms with Crippen molar-refractivity contribution in [3.8, 4) is 17.2 Å². The molecule has 1 atom stereocenters. The quantitative estimate of drug-likeness (QED) is 0.273. The third kappa shape index (κ3) is 4.99. The third-order valence-electron chi connectivity index (χ3n) is 3.36. The van der Waals surface area contributed by atoms with Crippen LogP contribution in [0.2, 0.25) is 0 Å². The molecule has 0 aliphatic carbocycles. The summed E-state index contributed by atoms with van der Waals surface area (Å²) in [5.74, 6) is -1.65. The highest BCUT2D eigenvalue weighted by Gasteiger charge is 2.11. The van der Waals surface area contributed by atoms with Gasteiger partial charge < -0.3 is 31.7 Å². The van der Waals surface area contributed by atoms with Crippen LogP contribution < -0.4 is 16.4 Å². The molecule has 0 heterocycles. The Balaban J connectivity index is 2.07. The molecule has 2 aromatic carbocycles. The number of benzene rings is 2. The molecular formula is C18H19N3O5. The molecule has 7 N–H and O–H groups in total.